The van der Waals surface area contributed by atoms with Gasteiger partial charge in [-0.25, -0.2) is 0 Å². The molecule has 0 aliphatic heterocycles. The Morgan fingerprint density at radius 3 is 2.36 bits per heavy atom. The molecule has 2 N–H and O–H groups in total. The molecule has 0 aromatic heterocycles. The van der Waals surface area contributed by atoms with E-state index in [-0.39, 0.29) is 0 Å². The van der Waals surface area contributed by atoms with Gasteiger partial charge < -0.3 is 5.73 Å². The Hall–Kier alpha value is -1.45. The van der Waals surface area contributed by atoms with Crippen LogP contribution in [0.5, 0.6) is 0 Å². The minimum atomic E-state index is -4.34. The van der Waals surface area contributed by atoms with Crippen molar-refractivity contribution in [1.82, 2.24) is 0 Å². The lowest BCUT2D eigenvalue weighted by Crippen LogP contribution is -2.06. The Kier molecular flexibility index (Phi) is 2.55. The van der Waals surface area contributed by atoms with Crippen LogP contribution in [0.2, 0.25) is 0 Å². The molecular weight excluding hydrogens is 191 g/mol. The predicted octanol–water partition coefficient (Wildman–Crippen LogP) is 3.32. The third-order valence-electron chi connectivity index (χ3n) is 1.84. The topological polar surface area (TPSA) is 26.0 Å². The summed E-state index contributed by atoms with van der Waals surface area (Å²) < 4.78 is 36.9. The van der Waals surface area contributed by atoms with Gasteiger partial charge in [0.25, 0.3) is 0 Å². The third-order valence-corrected chi connectivity index (χ3v) is 1.84. The van der Waals surface area contributed by atoms with Gasteiger partial charge in [-0.2, -0.15) is 13.2 Å². The van der Waals surface area contributed by atoms with E-state index < -0.39 is 11.7 Å². The molecule has 76 valence electrons. The molecule has 1 aromatic rings. The van der Waals surface area contributed by atoms with Crippen molar-refractivity contribution in [3.05, 3.63) is 35.9 Å². The van der Waals surface area contributed by atoms with Crippen LogP contribution >= 0.6 is 0 Å². The number of rotatable bonds is 1. The maximum atomic E-state index is 12.3. The molecule has 0 fully saturated rings. The SMILES string of the molecule is C=C(C)c1cc(C(F)(F)F)ccc1N. The summed E-state index contributed by atoms with van der Waals surface area (Å²) in [4.78, 5) is 0. The molecule has 0 saturated heterocycles. The minimum absolute atomic E-state index is 0.311. The second-order valence-electron chi connectivity index (χ2n) is 3.08. The largest absolute Gasteiger partial charge is 0.416 e. The van der Waals surface area contributed by atoms with Crippen molar-refractivity contribution >= 4 is 11.3 Å². The fraction of sp³-hybridized carbons (Fsp3) is 0.200. The number of halogens is 3. The Labute approximate surface area is 80.0 Å². The summed E-state index contributed by atoms with van der Waals surface area (Å²) in [6.07, 6.45) is -4.34. The summed E-state index contributed by atoms with van der Waals surface area (Å²) >= 11 is 0. The van der Waals surface area contributed by atoms with E-state index in [2.05, 4.69) is 6.58 Å². The van der Waals surface area contributed by atoms with Crippen molar-refractivity contribution in [1.29, 1.82) is 0 Å². The van der Waals surface area contributed by atoms with Crippen LogP contribution in [0, 0.1) is 0 Å². The Morgan fingerprint density at radius 1 is 1.36 bits per heavy atom. The van der Waals surface area contributed by atoms with Crippen molar-refractivity contribution in [2.24, 2.45) is 0 Å². The summed E-state index contributed by atoms with van der Waals surface area (Å²) in [5.41, 5.74) is 5.98. The van der Waals surface area contributed by atoms with E-state index in [9.17, 15) is 13.2 Å². The van der Waals surface area contributed by atoms with Gasteiger partial charge in [0, 0.05) is 11.3 Å². The standard InChI is InChI=1S/C10H10F3N/c1-6(2)8-5-7(10(11,12)13)3-4-9(8)14/h3-5H,1,14H2,2H3. The zero-order chi connectivity index (χ0) is 10.9. The minimum Gasteiger partial charge on any atom is -0.398 e. The molecule has 0 aliphatic carbocycles. The molecule has 0 saturated carbocycles. The molecule has 0 aliphatic rings. The predicted molar refractivity (Wildman–Crippen MR) is 50.6 cm³/mol. The normalized spacial score (nSPS) is 11.4. The van der Waals surface area contributed by atoms with Crippen molar-refractivity contribution in [3.63, 3.8) is 0 Å². The highest BCUT2D eigenvalue weighted by molar-refractivity contribution is 5.72. The quantitative estimate of drug-likeness (QED) is 0.693. The highest BCUT2D eigenvalue weighted by Crippen LogP contribution is 2.32. The van der Waals surface area contributed by atoms with Gasteiger partial charge in [-0.05, 0) is 30.7 Å². The van der Waals surface area contributed by atoms with Gasteiger partial charge in [-0.3, -0.25) is 0 Å². The summed E-state index contributed by atoms with van der Waals surface area (Å²) in [6.45, 7) is 5.18. The maximum Gasteiger partial charge on any atom is 0.416 e. The van der Waals surface area contributed by atoms with E-state index in [0.29, 0.717) is 16.8 Å². The fourth-order valence-electron chi connectivity index (χ4n) is 1.10. The smallest absolute Gasteiger partial charge is 0.398 e. The van der Waals surface area contributed by atoms with Gasteiger partial charge in [0.2, 0.25) is 0 Å². The van der Waals surface area contributed by atoms with E-state index in [1.165, 1.54) is 6.07 Å². The monoisotopic (exact) mass is 201 g/mol. The van der Waals surface area contributed by atoms with E-state index >= 15 is 0 Å². The summed E-state index contributed by atoms with van der Waals surface area (Å²) in [7, 11) is 0. The summed E-state index contributed by atoms with van der Waals surface area (Å²) in [5.74, 6) is 0. The second kappa shape index (κ2) is 3.36. The lowest BCUT2D eigenvalue weighted by molar-refractivity contribution is -0.137. The third kappa shape index (κ3) is 2.07. The molecular formula is C10H10F3N. The number of alkyl halides is 3. The zero-order valence-corrected chi connectivity index (χ0v) is 7.65. The van der Waals surface area contributed by atoms with Gasteiger partial charge in [0.05, 0.1) is 5.56 Å². The van der Waals surface area contributed by atoms with Crippen molar-refractivity contribution in [3.8, 4) is 0 Å². The van der Waals surface area contributed by atoms with Crippen LogP contribution < -0.4 is 5.73 Å². The van der Waals surface area contributed by atoms with Crippen LogP contribution in [0.15, 0.2) is 24.8 Å². The highest BCUT2D eigenvalue weighted by atomic mass is 19.4. The number of anilines is 1. The number of nitrogens with two attached hydrogens (primary N) is 1. The number of nitrogen functional groups attached to an aromatic ring is 1. The number of hydrogen-bond acceptors (Lipinski definition) is 1. The number of allylic oxidation sites excluding steroid dienone is 1. The molecule has 0 unspecified atom stereocenters. The zero-order valence-electron chi connectivity index (χ0n) is 7.65. The molecule has 0 bridgehead atoms. The Bertz CT molecular complexity index is 366. The number of benzene rings is 1. The Morgan fingerprint density at radius 2 is 1.93 bits per heavy atom. The Balaban J connectivity index is 3.27. The first kappa shape index (κ1) is 10.6. The number of hydrogen-bond donors (Lipinski definition) is 1. The average Bonchev–Trinajstić information content (AvgIpc) is 2.02. The summed E-state index contributed by atoms with van der Waals surface area (Å²) in [6, 6.07) is 3.21. The van der Waals surface area contributed by atoms with Gasteiger partial charge in [0.15, 0.2) is 0 Å². The van der Waals surface area contributed by atoms with Gasteiger partial charge >= 0.3 is 6.18 Å². The van der Waals surface area contributed by atoms with Crippen molar-refractivity contribution in [2.75, 3.05) is 5.73 Å². The van der Waals surface area contributed by atoms with E-state index in [1.54, 1.807) is 6.92 Å². The molecule has 0 heterocycles. The van der Waals surface area contributed by atoms with Crippen LogP contribution in [0.1, 0.15) is 18.1 Å². The fourth-order valence-corrected chi connectivity index (χ4v) is 1.10. The van der Waals surface area contributed by atoms with E-state index in [1.807, 2.05) is 0 Å². The molecule has 0 spiro atoms. The molecule has 0 radical (unpaired) electrons. The van der Waals surface area contributed by atoms with Crippen LogP contribution in [0.25, 0.3) is 5.57 Å². The molecule has 0 amide bonds. The van der Waals surface area contributed by atoms with Crippen molar-refractivity contribution < 1.29 is 13.2 Å². The highest BCUT2D eigenvalue weighted by Gasteiger charge is 2.30. The van der Waals surface area contributed by atoms with Crippen LogP contribution in [-0.4, -0.2) is 0 Å². The second-order valence-corrected chi connectivity index (χ2v) is 3.08. The van der Waals surface area contributed by atoms with Crippen molar-refractivity contribution in [2.45, 2.75) is 13.1 Å². The molecule has 1 rings (SSSR count). The molecule has 14 heavy (non-hydrogen) atoms. The molecule has 1 aromatic carbocycles. The molecule has 4 heteroatoms. The van der Waals surface area contributed by atoms with Gasteiger partial charge in [-0.1, -0.05) is 6.58 Å². The lowest BCUT2D eigenvalue weighted by Gasteiger charge is -2.10. The van der Waals surface area contributed by atoms with Crippen LogP contribution in [0.4, 0.5) is 18.9 Å². The van der Waals surface area contributed by atoms with Crippen LogP contribution in [0.3, 0.4) is 0 Å². The van der Waals surface area contributed by atoms with E-state index in [0.717, 1.165) is 12.1 Å². The molecule has 1 nitrogen and oxygen atoms in total. The first-order valence-electron chi connectivity index (χ1n) is 3.95. The average molecular weight is 201 g/mol. The maximum absolute atomic E-state index is 12.3. The van der Waals surface area contributed by atoms with E-state index in [4.69, 9.17) is 5.73 Å². The first-order chi connectivity index (χ1) is 6.32. The summed E-state index contributed by atoms with van der Waals surface area (Å²) in [5, 5.41) is 0. The first-order valence-corrected chi connectivity index (χ1v) is 3.95. The lowest BCUT2D eigenvalue weighted by atomic mass is 10.0. The molecule has 0 atom stereocenters. The van der Waals surface area contributed by atoms with Gasteiger partial charge in [-0.15, -0.1) is 0 Å². The van der Waals surface area contributed by atoms with Gasteiger partial charge in [0.1, 0.15) is 0 Å². The van der Waals surface area contributed by atoms with Crippen LogP contribution in [-0.2, 0) is 6.18 Å².